The zero-order valence-corrected chi connectivity index (χ0v) is 12.3. The summed E-state index contributed by atoms with van der Waals surface area (Å²) in [6, 6.07) is 3.75. The van der Waals surface area contributed by atoms with E-state index in [0.29, 0.717) is 22.9 Å². The van der Waals surface area contributed by atoms with E-state index in [-0.39, 0.29) is 0 Å². The molecule has 2 N–H and O–H groups in total. The van der Waals surface area contributed by atoms with E-state index in [1.54, 1.807) is 6.92 Å². The van der Waals surface area contributed by atoms with Crippen LogP contribution in [-0.4, -0.2) is 26.3 Å². The Morgan fingerprint density at radius 2 is 1.90 bits per heavy atom. The molecule has 0 aliphatic heterocycles. The molecule has 0 spiro atoms. The lowest BCUT2D eigenvalue weighted by Crippen LogP contribution is -2.05. The molecule has 1 aromatic heterocycles. The molecular weight excluding hydrogens is 266 g/mol. The Balaban J connectivity index is 2.08. The lowest BCUT2D eigenvalue weighted by Gasteiger charge is -2.09. The molecule has 0 atom stereocenters. The highest BCUT2D eigenvalue weighted by Gasteiger charge is 2.24. The molecule has 0 saturated heterocycles. The first-order chi connectivity index (χ1) is 10.1. The van der Waals surface area contributed by atoms with Gasteiger partial charge in [0.2, 0.25) is 0 Å². The minimum absolute atomic E-state index is 0.298. The van der Waals surface area contributed by atoms with Crippen molar-refractivity contribution in [3.05, 3.63) is 34.6 Å². The fourth-order valence-corrected chi connectivity index (χ4v) is 3.14. The highest BCUT2D eigenvalue weighted by Crippen LogP contribution is 2.34. The van der Waals surface area contributed by atoms with Crippen LogP contribution in [0.4, 0.5) is 0 Å². The van der Waals surface area contributed by atoms with Gasteiger partial charge in [-0.2, -0.15) is 5.10 Å². The van der Waals surface area contributed by atoms with Gasteiger partial charge in [-0.25, -0.2) is 9.78 Å². The molecule has 2 aromatic rings. The van der Waals surface area contributed by atoms with Crippen molar-refractivity contribution in [2.45, 2.75) is 45.4 Å². The third-order valence-corrected chi connectivity index (χ3v) is 4.30. The summed E-state index contributed by atoms with van der Waals surface area (Å²) in [6.45, 7) is 3.70. The third kappa shape index (κ3) is 2.44. The average Bonchev–Trinajstić information content (AvgIpc) is 3.10. The number of aromatic amines is 1. The zero-order chi connectivity index (χ0) is 15.0. The van der Waals surface area contributed by atoms with Crippen LogP contribution in [0.25, 0.3) is 11.4 Å². The number of nitrogens with one attached hydrogen (secondary N) is 1. The number of carboxylic acid groups (broad SMARTS) is 1. The van der Waals surface area contributed by atoms with E-state index in [2.05, 4.69) is 15.2 Å². The molecule has 5 nitrogen and oxygen atoms in total. The van der Waals surface area contributed by atoms with Gasteiger partial charge in [-0.1, -0.05) is 25.0 Å². The van der Waals surface area contributed by atoms with E-state index in [1.807, 2.05) is 19.1 Å². The van der Waals surface area contributed by atoms with E-state index in [0.717, 1.165) is 29.8 Å². The quantitative estimate of drug-likeness (QED) is 0.905. The number of benzene rings is 1. The van der Waals surface area contributed by atoms with Gasteiger partial charge in [0.1, 0.15) is 5.82 Å². The Kier molecular flexibility index (Phi) is 3.49. The fraction of sp³-hybridized carbons (Fsp3) is 0.438. The van der Waals surface area contributed by atoms with Crippen LogP contribution >= 0.6 is 0 Å². The number of aromatic carboxylic acids is 1. The molecule has 0 radical (unpaired) electrons. The molecule has 110 valence electrons. The second-order valence-electron chi connectivity index (χ2n) is 5.78. The Morgan fingerprint density at radius 1 is 1.24 bits per heavy atom. The summed E-state index contributed by atoms with van der Waals surface area (Å²) in [5, 5.41) is 16.8. The summed E-state index contributed by atoms with van der Waals surface area (Å²) in [5.74, 6) is 0.887. The van der Waals surface area contributed by atoms with Crippen LogP contribution in [0.3, 0.4) is 0 Å². The highest BCUT2D eigenvalue weighted by atomic mass is 16.4. The zero-order valence-electron chi connectivity index (χ0n) is 12.3. The molecule has 21 heavy (non-hydrogen) atoms. The van der Waals surface area contributed by atoms with Crippen LogP contribution in [0, 0.1) is 13.8 Å². The standard InChI is InChI=1S/C16H19N3O2/c1-9-7-8-10(2)13(16(20)21)12(9)15-17-14(18-19-15)11-5-3-4-6-11/h7-8,11H,3-6H2,1-2H3,(H,20,21)(H,17,18,19). The van der Waals surface area contributed by atoms with Crippen molar-refractivity contribution in [3.8, 4) is 11.4 Å². The van der Waals surface area contributed by atoms with Crippen molar-refractivity contribution < 1.29 is 9.90 Å². The molecule has 1 aromatic carbocycles. The normalized spacial score (nSPS) is 15.5. The summed E-state index contributed by atoms with van der Waals surface area (Å²) in [6.07, 6.45) is 4.72. The van der Waals surface area contributed by atoms with E-state index in [1.165, 1.54) is 12.8 Å². The molecule has 0 amide bonds. The summed E-state index contributed by atoms with van der Waals surface area (Å²) >= 11 is 0. The van der Waals surface area contributed by atoms with E-state index < -0.39 is 5.97 Å². The van der Waals surface area contributed by atoms with Crippen LogP contribution in [0.2, 0.25) is 0 Å². The van der Waals surface area contributed by atoms with Crippen LogP contribution in [0.5, 0.6) is 0 Å². The fourth-order valence-electron chi connectivity index (χ4n) is 3.14. The minimum atomic E-state index is -0.932. The van der Waals surface area contributed by atoms with Gasteiger partial charge in [0, 0.05) is 11.5 Å². The summed E-state index contributed by atoms with van der Waals surface area (Å²) in [7, 11) is 0. The van der Waals surface area contributed by atoms with Crippen molar-refractivity contribution in [3.63, 3.8) is 0 Å². The van der Waals surface area contributed by atoms with Gasteiger partial charge in [0.05, 0.1) is 5.56 Å². The predicted octanol–water partition coefficient (Wildman–Crippen LogP) is 3.44. The second-order valence-corrected chi connectivity index (χ2v) is 5.78. The second kappa shape index (κ2) is 5.31. The molecule has 1 aliphatic rings. The molecule has 0 unspecified atom stereocenters. The number of nitrogens with zero attached hydrogens (tertiary/aromatic N) is 2. The maximum absolute atomic E-state index is 11.6. The maximum Gasteiger partial charge on any atom is 0.336 e. The Bertz CT molecular complexity index is 685. The number of carboxylic acids is 1. The SMILES string of the molecule is Cc1ccc(C)c(-c2n[nH]c(C3CCCC3)n2)c1C(=O)O. The highest BCUT2D eigenvalue weighted by molar-refractivity contribution is 5.97. The molecule has 1 aliphatic carbocycles. The number of H-pyrrole nitrogens is 1. The summed E-state index contributed by atoms with van der Waals surface area (Å²) < 4.78 is 0. The van der Waals surface area contributed by atoms with Gasteiger partial charge in [-0.3, -0.25) is 5.10 Å². The minimum Gasteiger partial charge on any atom is -0.478 e. The topological polar surface area (TPSA) is 78.9 Å². The number of hydrogen-bond acceptors (Lipinski definition) is 3. The molecule has 5 heteroatoms. The lowest BCUT2D eigenvalue weighted by molar-refractivity contribution is 0.0697. The Morgan fingerprint density at radius 3 is 2.57 bits per heavy atom. The van der Waals surface area contributed by atoms with Crippen molar-refractivity contribution in [2.75, 3.05) is 0 Å². The lowest BCUT2D eigenvalue weighted by atomic mass is 9.97. The molecule has 0 bridgehead atoms. The van der Waals surface area contributed by atoms with Gasteiger partial charge in [0.15, 0.2) is 5.82 Å². The van der Waals surface area contributed by atoms with Gasteiger partial charge >= 0.3 is 5.97 Å². The summed E-state index contributed by atoms with van der Waals surface area (Å²) in [4.78, 5) is 16.1. The molecule has 1 fully saturated rings. The number of carbonyl (C=O) groups is 1. The number of rotatable bonds is 3. The first-order valence-electron chi connectivity index (χ1n) is 7.34. The van der Waals surface area contributed by atoms with Crippen LogP contribution in [0.1, 0.15) is 58.9 Å². The van der Waals surface area contributed by atoms with E-state index in [9.17, 15) is 9.90 Å². The number of aromatic nitrogens is 3. The number of hydrogen-bond donors (Lipinski definition) is 2. The Labute approximate surface area is 123 Å². The van der Waals surface area contributed by atoms with Gasteiger partial charge in [-0.05, 0) is 37.8 Å². The van der Waals surface area contributed by atoms with Crippen molar-refractivity contribution >= 4 is 5.97 Å². The van der Waals surface area contributed by atoms with Crippen LogP contribution in [-0.2, 0) is 0 Å². The first-order valence-corrected chi connectivity index (χ1v) is 7.34. The number of aryl methyl sites for hydroxylation is 2. The van der Waals surface area contributed by atoms with Gasteiger partial charge in [0.25, 0.3) is 0 Å². The van der Waals surface area contributed by atoms with Crippen molar-refractivity contribution in [1.29, 1.82) is 0 Å². The van der Waals surface area contributed by atoms with Gasteiger partial charge in [-0.15, -0.1) is 0 Å². The maximum atomic E-state index is 11.6. The van der Waals surface area contributed by atoms with E-state index >= 15 is 0 Å². The van der Waals surface area contributed by atoms with Crippen molar-refractivity contribution in [1.82, 2.24) is 15.2 Å². The largest absolute Gasteiger partial charge is 0.478 e. The first kappa shape index (κ1) is 13.8. The Hall–Kier alpha value is -2.17. The molecule has 1 heterocycles. The monoisotopic (exact) mass is 285 g/mol. The molecule has 3 rings (SSSR count). The van der Waals surface area contributed by atoms with Crippen molar-refractivity contribution in [2.24, 2.45) is 0 Å². The van der Waals surface area contributed by atoms with Crippen LogP contribution < -0.4 is 0 Å². The molecular formula is C16H19N3O2. The third-order valence-electron chi connectivity index (χ3n) is 4.30. The van der Waals surface area contributed by atoms with E-state index in [4.69, 9.17) is 0 Å². The van der Waals surface area contributed by atoms with Crippen LogP contribution in [0.15, 0.2) is 12.1 Å². The van der Waals surface area contributed by atoms with Gasteiger partial charge < -0.3 is 5.11 Å². The predicted molar refractivity (Wildman–Crippen MR) is 79.5 cm³/mol. The molecule has 1 saturated carbocycles. The average molecular weight is 285 g/mol. The summed E-state index contributed by atoms with van der Waals surface area (Å²) in [5.41, 5.74) is 2.54. The smallest absolute Gasteiger partial charge is 0.336 e.